The topological polar surface area (TPSA) is 59.4 Å². The molecule has 0 bridgehead atoms. The van der Waals surface area contributed by atoms with Crippen LogP contribution in [-0.2, 0) is 0 Å². The molecule has 1 atom stereocenters. The first-order chi connectivity index (χ1) is 5.29. The predicted molar refractivity (Wildman–Crippen MR) is 35.2 cm³/mol. The van der Waals surface area contributed by atoms with Gasteiger partial charge in [0.05, 0.1) is 0 Å². The van der Waals surface area contributed by atoms with Crippen LogP contribution in [0.25, 0.3) is 0 Å². The van der Waals surface area contributed by atoms with Gasteiger partial charge in [0.15, 0.2) is 11.4 Å². The van der Waals surface area contributed by atoms with Gasteiger partial charge in [-0.05, 0) is 12.1 Å². The SMILES string of the molecule is O=C1c2ncccc2OC1O. The number of aliphatic hydroxyl groups is 1. The quantitative estimate of drug-likeness (QED) is 0.565. The lowest BCUT2D eigenvalue weighted by Gasteiger charge is -1.97. The Balaban J connectivity index is 2.55. The van der Waals surface area contributed by atoms with Gasteiger partial charge in [0.1, 0.15) is 0 Å². The van der Waals surface area contributed by atoms with Gasteiger partial charge in [-0.25, -0.2) is 4.98 Å². The van der Waals surface area contributed by atoms with Crippen molar-refractivity contribution in [3.05, 3.63) is 24.0 Å². The van der Waals surface area contributed by atoms with Crippen molar-refractivity contribution in [3.8, 4) is 5.75 Å². The molecule has 0 spiro atoms. The van der Waals surface area contributed by atoms with Crippen LogP contribution in [0.4, 0.5) is 0 Å². The van der Waals surface area contributed by atoms with Gasteiger partial charge in [0.25, 0.3) is 12.1 Å². The van der Waals surface area contributed by atoms with Crippen molar-refractivity contribution in [2.45, 2.75) is 6.29 Å². The predicted octanol–water partition coefficient (Wildman–Crippen LogP) is -0.0249. The molecule has 1 N–H and O–H groups in total. The van der Waals surface area contributed by atoms with Crippen LogP contribution in [0, 0.1) is 0 Å². The lowest BCUT2D eigenvalue weighted by atomic mass is 10.3. The fourth-order valence-corrected chi connectivity index (χ4v) is 0.961. The van der Waals surface area contributed by atoms with E-state index in [1.165, 1.54) is 6.20 Å². The molecule has 2 rings (SSSR count). The second-order valence-corrected chi connectivity index (χ2v) is 2.18. The van der Waals surface area contributed by atoms with E-state index in [9.17, 15) is 4.79 Å². The number of aliphatic hydroxyl groups excluding tert-OH is 1. The van der Waals surface area contributed by atoms with Gasteiger partial charge in [-0.2, -0.15) is 0 Å². The van der Waals surface area contributed by atoms with Crippen molar-refractivity contribution in [1.82, 2.24) is 4.98 Å². The van der Waals surface area contributed by atoms with E-state index in [0.29, 0.717) is 5.75 Å². The van der Waals surface area contributed by atoms with E-state index < -0.39 is 12.1 Å². The number of Topliss-reactive ketones (excluding diaryl/α,β-unsaturated/α-hetero) is 1. The third-order valence-corrected chi connectivity index (χ3v) is 1.47. The minimum Gasteiger partial charge on any atom is -0.455 e. The summed E-state index contributed by atoms with van der Waals surface area (Å²) in [6, 6.07) is 3.24. The minimum absolute atomic E-state index is 0.208. The summed E-state index contributed by atoms with van der Waals surface area (Å²) in [6.07, 6.45) is 0.123. The number of pyridine rings is 1. The van der Waals surface area contributed by atoms with E-state index in [0.717, 1.165) is 0 Å². The van der Waals surface area contributed by atoms with Gasteiger partial charge in [-0.3, -0.25) is 4.79 Å². The maximum Gasteiger partial charge on any atom is 0.264 e. The number of aromatic nitrogens is 1. The monoisotopic (exact) mass is 151 g/mol. The van der Waals surface area contributed by atoms with E-state index in [4.69, 9.17) is 9.84 Å². The second-order valence-electron chi connectivity index (χ2n) is 2.18. The summed E-state index contributed by atoms with van der Waals surface area (Å²) in [7, 11) is 0. The highest BCUT2D eigenvalue weighted by molar-refractivity contribution is 6.01. The molecule has 4 nitrogen and oxygen atoms in total. The lowest BCUT2D eigenvalue weighted by Crippen LogP contribution is -2.18. The maximum absolute atomic E-state index is 11.0. The zero-order valence-corrected chi connectivity index (χ0v) is 5.52. The van der Waals surface area contributed by atoms with E-state index in [1.807, 2.05) is 0 Å². The molecule has 0 aliphatic carbocycles. The molecule has 1 aliphatic heterocycles. The largest absolute Gasteiger partial charge is 0.455 e. The fraction of sp³-hybridized carbons (Fsp3) is 0.143. The smallest absolute Gasteiger partial charge is 0.264 e. The molecule has 0 aromatic carbocycles. The molecule has 0 fully saturated rings. The zero-order valence-electron chi connectivity index (χ0n) is 5.52. The van der Waals surface area contributed by atoms with Crippen molar-refractivity contribution in [3.63, 3.8) is 0 Å². The maximum atomic E-state index is 11.0. The molecular weight excluding hydrogens is 146 g/mol. The van der Waals surface area contributed by atoms with Gasteiger partial charge < -0.3 is 9.84 Å². The normalized spacial score (nSPS) is 21.2. The molecular formula is C7H5NO3. The summed E-state index contributed by atoms with van der Waals surface area (Å²) in [4.78, 5) is 14.7. The van der Waals surface area contributed by atoms with Crippen molar-refractivity contribution in [1.29, 1.82) is 0 Å². The first-order valence-corrected chi connectivity index (χ1v) is 3.13. The molecule has 0 amide bonds. The van der Waals surface area contributed by atoms with Crippen LogP contribution in [0.5, 0.6) is 5.75 Å². The summed E-state index contributed by atoms with van der Waals surface area (Å²) in [5.41, 5.74) is 0.208. The first-order valence-electron chi connectivity index (χ1n) is 3.13. The van der Waals surface area contributed by atoms with Gasteiger partial charge >= 0.3 is 0 Å². The Morgan fingerprint density at radius 1 is 1.64 bits per heavy atom. The van der Waals surface area contributed by atoms with Crippen LogP contribution >= 0.6 is 0 Å². The van der Waals surface area contributed by atoms with E-state index in [1.54, 1.807) is 12.1 Å². The van der Waals surface area contributed by atoms with Crippen LogP contribution in [0.3, 0.4) is 0 Å². The van der Waals surface area contributed by atoms with Crippen molar-refractivity contribution in [2.75, 3.05) is 0 Å². The second kappa shape index (κ2) is 2.03. The van der Waals surface area contributed by atoms with Gasteiger partial charge in [-0.1, -0.05) is 0 Å². The average Bonchev–Trinajstić information content (AvgIpc) is 2.30. The number of rotatable bonds is 0. The van der Waals surface area contributed by atoms with Crippen LogP contribution in [-0.4, -0.2) is 22.2 Å². The number of hydrogen-bond donors (Lipinski definition) is 1. The number of fused-ring (bicyclic) bond motifs is 1. The standard InChI is InChI=1S/C7H5NO3/c9-6-5-4(11-7(6)10)2-1-3-8-5/h1-3,7,10H. The number of carbonyl (C=O) groups excluding carboxylic acids is 1. The Labute approximate surface area is 62.4 Å². The highest BCUT2D eigenvalue weighted by Crippen LogP contribution is 2.24. The van der Waals surface area contributed by atoms with E-state index in [2.05, 4.69) is 4.98 Å². The summed E-state index contributed by atoms with van der Waals surface area (Å²) in [5, 5.41) is 8.91. The molecule has 1 aliphatic rings. The van der Waals surface area contributed by atoms with Crippen molar-refractivity contribution < 1.29 is 14.6 Å². The minimum atomic E-state index is -1.36. The van der Waals surface area contributed by atoms with Gasteiger partial charge in [0.2, 0.25) is 0 Å². The van der Waals surface area contributed by atoms with Gasteiger partial charge in [0, 0.05) is 6.20 Å². The Kier molecular flexibility index (Phi) is 1.16. The van der Waals surface area contributed by atoms with Crippen LogP contribution in [0.1, 0.15) is 10.5 Å². The third kappa shape index (κ3) is 0.798. The van der Waals surface area contributed by atoms with Crippen molar-refractivity contribution in [2.24, 2.45) is 0 Å². The molecule has 4 heteroatoms. The Bertz CT molecular complexity index is 310. The molecule has 1 aromatic rings. The average molecular weight is 151 g/mol. The summed E-state index contributed by atoms with van der Waals surface area (Å²) < 4.78 is 4.76. The molecule has 1 unspecified atom stereocenters. The molecule has 1 aromatic heterocycles. The Morgan fingerprint density at radius 2 is 2.45 bits per heavy atom. The first kappa shape index (κ1) is 6.30. The summed E-state index contributed by atoms with van der Waals surface area (Å²) in [6.45, 7) is 0. The highest BCUT2D eigenvalue weighted by Gasteiger charge is 2.31. The number of ketones is 1. The summed E-state index contributed by atoms with van der Waals surface area (Å²) >= 11 is 0. The number of ether oxygens (including phenoxy) is 1. The molecule has 0 saturated carbocycles. The molecule has 56 valence electrons. The van der Waals surface area contributed by atoms with Crippen LogP contribution in [0.2, 0.25) is 0 Å². The lowest BCUT2D eigenvalue weighted by molar-refractivity contribution is 0.00862. The van der Waals surface area contributed by atoms with Gasteiger partial charge in [-0.15, -0.1) is 0 Å². The molecule has 0 radical (unpaired) electrons. The van der Waals surface area contributed by atoms with Crippen LogP contribution < -0.4 is 4.74 Å². The van der Waals surface area contributed by atoms with E-state index >= 15 is 0 Å². The number of nitrogens with zero attached hydrogens (tertiary/aromatic N) is 1. The molecule has 2 heterocycles. The number of hydrogen-bond acceptors (Lipinski definition) is 4. The molecule has 0 saturated heterocycles. The third-order valence-electron chi connectivity index (χ3n) is 1.47. The van der Waals surface area contributed by atoms with Crippen molar-refractivity contribution >= 4 is 5.78 Å². The molecule has 11 heavy (non-hydrogen) atoms. The summed E-state index contributed by atoms with van der Waals surface area (Å²) in [5.74, 6) is -0.120. The van der Waals surface area contributed by atoms with Crippen LogP contribution in [0.15, 0.2) is 18.3 Å². The number of carbonyl (C=O) groups is 1. The zero-order chi connectivity index (χ0) is 7.84. The van der Waals surface area contributed by atoms with E-state index in [-0.39, 0.29) is 5.69 Å². The highest BCUT2D eigenvalue weighted by atomic mass is 16.6. The fourth-order valence-electron chi connectivity index (χ4n) is 0.961. The Hall–Kier alpha value is -1.42. The Morgan fingerprint density at radius 3 is 3.18 bits per heavy atom.